The van der Waals surface area contributed by atoms with E-state index in [9.17, 15) is 29.5 Å². The van der Waals surface area contributed by atoms with Gasteiger partial charge < -0.3 is 28.5 Å². The maximum atomic E-state index is 13.9. The molecule has 12 heteroatoms. The van der Waals surface area contributed by atoms with E-state index in [1.54, 1.807) is 31.3 Å². The molecule has 12 nitrogen and oxygen atoms in total. The molecular weight excluding hydrogens is 704 g/mol. The number of nitriles is 1. The van der Waals surface area contributed by atoms with Crippen molar-refractivity contribution in [2.24, 2.45) is 22.7 Å². The van der Waals surface area contributed by atoms with Gasteiger partial charge in [-0.3, -0.25) is 14.6 Å². The molecule has 3 heterocycles. The van der Waals surface area contributed by atoms with Gasteiger partial charge in [0.25, 0.3) is 0 Å². The number of hydrogen-bond donors (Lipinski definition) is 1. The lowest BCUT2D eigenvalue weighted by Crippen LogP contribution is -2.71. The van der Waals surface area contributed by atoms with E-state index in [1.807, 2.05) is 50.2 Å². The van der Waals surface area contributed by atoms with Gasteiger partial charge in [-0.15, -0.1) is 0 Å². The minimum Gasteiger partial charge on any atom is -0.482 e. The predicted molar refractivity (Wildman–Crippen MR) is 196 cm³/mol. The summed E-state index contributed by atoms with van der Waals surface area (Å²) in [6.07, 6.45) is 0.900. The first kappa shape index (κ1) is 37.5. The molecule has 0 bridgehead atoms. The van der Waals surface area contributed by atoms with Gasteiger partial charge >= 0.3 is 23.5 Å². The van der Waals surface area contributed by atoms with Crippen molar-refractivity contribution < 1.29 is 42.9 Å². The molecule has 0 amide bonds. The van der Waals surface area contributed by atoms with Crippen molar-refractivity contribution in [3.8, 4) is 23.1 Å². The van der Waals surface area contributed by atoms with Gasteiger partial charge in [0.05, 0.1) is 29.7 Å². The van der Waals surface area contributed by atoms with Crippen LogP contribution in [0.2, 0.25) is 0 Å². The van der Waals surface area contributed by atoms with Crippen LogP contribution in [0.4, 0.5) is 0 Å². The average Bonchev–Trinajstić information content (AvgIpc) is 3.16. The van der Waals surface area contributed by atoms with Crippen LogP contribution in [0, 0.1) is 34.0 Å². The smallest absolute Gasteiger partial charge is 0.345 e. The van der Waals surface area contributed by atoms with Crippen molar-refractivity contribution in [2.45, 2.75) is 77.3 Å². The molecule has 2 saturated carbocycles. The number of carbonyl (C=O) groups is 3. The Morgan fingerprint density at radius 1 is 1.00 bits per heavy atom. The quantitative estimate of drug-likeness (QED) is 0.161. The maximum Gasteiger partial charge on any atom is 0.345 e. The second-order valence-electron chi connectivity index (χ2n) is 15.5. The fraction of sp³-hybridized carbons (Fsp3) is 0.395. The van der Waals surface area contributed by atoms with Gasteiger partial charge in [0.1, 0.15) is 41.5 Å². The Labute approximate surface area is 318 Å². The van der Waals surface area contributed by atoms with Crippen LogP contribution in [-0.2, 0) is 30.2 Å². The van der Waals surface area contributed by atoms with E-state index in [4.69, 9.17) is 23.4 Å². The molecule has 2 aliphatic carbocycles. The summed E-state index contributed by atoms with van der Waals surface area (Å²) in [5.74, 6) is -2.76. The number of hydrogen-bond acceptors (Lipinski definition) is 12. The average molecular weight is 747 g/mol. The summed E-state index contributed by atoms with van der Waals surface area (Å²) in [5, 5.41) is 21.8. The van der Waals surface area contributed by atoms with Crippen LogP contribution in [0.25, 0.3) is 11.3 Å². The van der Waals surface area contributed by atoms with Gasteiger partial charge in [-0.25, -0.2) is 9.59 Å². The van der Waals surface area contributed by atoms with E-state index in [-0.39, 0.29) is 42.1 Å². The minimum atomic E-state index is -1.44. The van der Waals surface area contributed by atoms with E-state index < -0.39 is 70.1 Å². The number of benzene rings is 2. The second-order valence-corrected chi connectivity index (χ2v) is 15.5. The van der Waals surface area contributed by atoms with Crippen LogP contribution in [0.3, 0.4) is 0 Å². The third-order valence-electron chi connectivity index (χ3n) is 12.1. The standard InChI is InChI=1S/C43H42N2O10/c1-25(46)51-24-42(3)32-21-34(54-39(49)28-14-12-27(22-44)13-15-28)43(4)38(41(32,2)17-16-33(42)53-35(47)19-26-9-6-5-7-10-26)37(48)36-31(55-43)20-30(52-40(36)50)29-11-8-18-45-23-29/h5-15,18,20,23,32-34,37-38,48H,16-17,19,21,24H2,1-4H3/t32-,33+,34+,37+,38-,41+,42+,43-/m1/s1. The molecule has 1 aliphatic heterocycles. The highest BCUT2D eigenvalue weighted by Crippen LogP contribution is 2.67. The largest absolute Gasteiger partial charge is 0.482 e. The molecule has 0 unspecified atom stereocenters. The molecule has 2 aromatic heterocycles. The summed E-state index contributed by atoms with van der Waals surface area (Å²) in [7, 11) is 0. The molecule has 55 heavy (non-hydrogen) atoms. The lowest BCUT2D eigenvalue weighted by atomic mass is 9.42. The van der Waals surface area contributed by atoms with Crippen molar-refractivity contribution in [3.63, 3.8) is 0 Å². The Hall–Kier alpha value is -5.80. The van der Waals surface area contributed by atoms with E-state index in [0.29, 0.717) is 24.0 Å². The number of aromatic nitrogens is 1. The molecule has 7 rings (SSSR count). The molecule has 2 fully saturated rings. The van der Waals surface area contributed by atoms with E-state index in [2.05, 4.69) is 4.98 Å². The molecule has 1 N–H and O–H groups in total. The van der Waals surface area contributed by atoms with Crippen LogP contribution in [0.5, 0.6) is 5.75 Å². The van der Waals surface area contributed by atoms with Crippen LogP contribution in [0.1, 0.15) is 80.1 Å². The van der Waals surface area contributed by atoms with Gasteiger partial charge in [0.2, 0.25) is 0 Å². The third-order valence-corrected chi connectivity index (χ3v) is 12.1. The van der Waals surface area contributed by atoms with Crippen molar-refractivity contribution in [3.05, 3.63) is 118 Å². The first-order valence-corrected chi connectivity index (χ1v) is 18.3. The highest BCUT2D eigenvalue weighted by Gasteiger charge is 2.71. The molecule has 284 valence electrons. The number of carbonyl (C=O) groups excluding carboxylic acids is 3. The summed E-state index contributed by atoms with van der Waals surface area (Å²) < 4.78 is 30.9. The molecule has 0 spiro atoms. The first-order chi connectivity index (χ1) is 26.3. The molecule has 0 saturated heterocycles. The second kappa shape index (κ2) is 14.5. The fourth-order valence-corrected chi connectivity index (χ4v) is 9.48. The van der Waals surface area contributed by atoms with Gasteiger partial charge in [0, 0.05) is 42.3 Å². The summed E-state index contributed by atoms with van der Waals surface area (Å²) >= 11 is 0. The Bertz CT molecular complexity index is 2200. The van der Waals surface area contributed by atoms with Gasteiger partial charge in [-0.1, -0.05) is 44.2 Å². The van der Waals surface area contributed by atoms with Crippen LogP contribution in [-0.4, -0.2) is 52.4 Å². The summed E-state index contributed by atoms with van der Waals surface area (Å²) in [5.41, 5.74) is -2.27. The summed E-state index contributed by atoms with van der Waals surface area (Å²) in [6.45, 7) is 6.83. The number of aliphatic hydroxyl groups is 1. The molecule has 4 aromatic rings. The zero-order valence-electron chi connectivity index (χ0n) is 31.0. The van der Waals surface area contributed by atoms with Crippen LogP contribution >= 0.6 is 0 Å². The highest BCUT2D eigenvalue weighted by molar-refractivity contribution is 5.89. The monoisotopic (exact) mass is 746 g/mol. The number of nitrogens with zero attached hydrogens (tertiary/aromatic N) is 2. The molecule has 8 atom stereocenters. The normalized spacial score (nSPS) is 29.2. The van der Waals surface area contributed by atoms with E-state index >= 15 is 0 Å². The predicted octanol–water partition coefficient (Wildman–Crippen LogP) is 6.14. The molecule has 2 aromatic carbocycles. The number of pyridine rings is 1. The SMILES string of the molecule is CC(=O)OC[C@@]1(C)[C@@H]2C[C@H](OC(=O)c3ccc(C#N)cc3)[C@@]3(C)Oc4cc(-c5cccnc5)oc(=O)c4[C@H](O)[C@@H]3[C@@]2(C)CC[C@@H]1OC(=O)Cc1ccccc1. The van der Waals surface area contributed by atoms with Gasteiger partial charge in [-0.05, 0) is 79.5 Å². The number of ether oxygens (including phenoxy) is 4. The molecule has 3 aliphatic rings. The topological polar surface area (TPSA) is 175 Å². The highest BCUT2D eigenvalue weighted by atomic mass is 16.6. The lowest BCUT2D eigenvalue weighted by Gasteiger charge is -2.66. The fourth-order valence-electron chi connectivity index (χ4n) is 9.48. The maximum absolute atomic E-state index is 13.9. The van der Waals surface area contributed by atoms with E-state index in [1.165, 1.54) is 37.4 Å². The zero-order valence-corrected chi connectivity index (χ0v) is 31.0. The molecule has 0 radical (unpaired) electrons. The zero-order chi connectivity index (χ0) is 39.1. The lowest BCUT2D eigenvalue weighted by molar-refractivity contribution is -0.267. The Balaban J connectivity index is 1.32. The van der Waals surface area contributed by atoms with Crippen molar-refractivity contribution in [1.29, 1.82) is 5.26 Å². The first-order valence-electron chi connectivity index (χ1n) is 18.3. The number of rotatable bonds is 8. The van der Waals surface area contributed by atoms with E-state index in [0.717, 1.165) is 5.56 Å². The van der Waals surface area contributed by atoms with Crippen molar-refractivity contribution >= 4 is 17.9 Å². The van der Waals surface area contributed by atoms with Gasteiger partial charge in [0.15, 0.2) is 0 Å². The number of fused-ring (bicyclic) bond motifs is 4. The van der Waals surface area contributed by atoms with Crippen LogP contribution < -0.4 is 10.4 Å². The Morgan fingerprint density at radius 2 is 1.75 bits per heavy atom. The van der Waals surface area contributed by atoms with Crippen molar-refractivity contribution in [2.75, 3.05) is 6.61 Å². The van der Waals surface area contributed by atoms with Gasteiger partial charge in [-0.2, -0.15) is 5.26 Å². The Morgan fingerprint density at radius 3 is 2.42 bits per heavy atom. The Kier molecular flexibility index (Phi) is 9.86. The number of esters is 3. The summed E-state index contributed by atoms with van der Waals surface area (Å²) in [6, 6.07) is 22.3. The minimum absolute atomic E-state index is 0.0363. The summed E-state index contributed by atoms with van der Waals surface area (Å²) in [4.78, 5) is 57.7. The third kappa shape index (κ3) is 6.78. The number of aliphatic hydroxyl groups excluding tert-OH is 1. The van der Waals surface area contributed by atoms with Crippen molar-refractivity contribution in [1.82, 2.24) is 4.98 Å². The van der Waals surface area contributed by atoms with Crippen LogP contribution in [0.15, 0.2) is 94.4 Å². The molecular formula is C43H42N2O10.